The van der Waals surface area contributed by atoms with Crippen molar-refractivity contribution in [2.75, 3.05) is 7.05 Å². The number of nitrogens with one attached hydrogen (secondary N) is 1. The van der Waals surface area contributed by atoms with Gasteiger partial charge in [-0.2, -0.15) is 0 Å². The molecule has 0 spiro atoms. The van der Waals surface area contributed by atoms with Crippen LogP contribution in [0.1, 0.15) is 35.1 Å². The molecule has 0 aliphatic carbocycles. The van der Waals surface area contributed by atoms with E-state index in [4.69, 9.17) is 0 Å². The van der Waals surface area contributed by atoms with Crippen LogP contribution in [0.3, 0.4) is 0 Å². The Bertz CT molecular complexity index is 687. The fourth-order valence-electron chi connectivity index (χ4n) is 2.22. The molecule has 122 valence electrons. The molecule has 0 bridgehead atoms. The van der Waals surface area contributed by atoms with Crippen molar-refractivity contribution in [2.24, 2.45) is 0 Å². The molecule has 4 nitrogen and oxygen atoms in total. The number of nitrogens with zero attached hydrogens (tertiary/aromatic N) is 1. The lowest BCUT2D eigenvalue weighted by atomic mass is 10.1. The lowest BCUT2D eigenvalue weighted by molar-refractivity contribution is -0.133. The summed E-state index contributed by atoms with van der Waals surface area (Å²) in [5, 5.41) is 2.76. The van der Waals surface area contributed by atoms with Crippen molar-refractivity contribution in [3.63, 3.8) is 0 Å². The molecule has 2 unspecified atom stereocenters. The number of hydrogen-bond donors (Lipinski definition) is 1. The van der Waals surface area contributed by atoms with Gasteiger partial charge >= 0.3 is 0 Å². The summed E-state index contributed by atoms with van der Waals surface area (Å²) >= 11 is 4.67. The van der Waals surface area contributed by atoms with E-state index in [0.29, 0.717) is 4.88 Å². The van der Waals surface area contributed by atoms with Crippen molar-refractivity contribution >= 4 is 39.1 Å². The summed E-state index contributed by atoms with van der Waals surface area (Å²) in [4.78, 5) is 26.9. The number of carbonyl (C=O) groups is 2. The summed E-state index contributed by atoms with van der Waals surface area (Å²) in [5.41, 5.74) is 1.06. The molecule has 6 heteroatoms. The van der Waals surface area contributed by atoms with Crippen molar-refractivity contribution in [3.05, 3.63) is 56.7 Å². The van der Waals surface area contributed by atoms with E-state index in [2.05, 4.69) is 21.2 Å². The van der Waals surface area contributed by atoms with Crippen LogP contribution in [0.25, 0.3) is 0 Å². The van der Waals surface area contributed by atoms with E-state index in [9.17, 15) is 9.59 Å². The van der Waals surface area contributed by atoms with E-state index in [-0.39, 0.29) is 17.9 Å². The molecule has 0 fully saturated rings. The molecule has 2 aromatic rings. The number of benzene rings is 1. The Morgan fingerprint density at radius 3 is 2.35 bits per heavy atom. The lowest BCUT2D eigenvalue weighted by Crippen LogP contribution is -2.46. The fraction of sp³-hybridized carbons (Fsp3) is 0.294. The molecule has 0 aliphatic heterocycles. The van der Waals surface area contributed by atoms with Gasteiger partial charge in [0.1, 0.15) is 6.04 Å². The predicted molar refractivity (Wildman–Crippen MR) is 96.6 cm³/mol. The van der Waals surface area contributed by atoms with Crippen LogP contribution in [0.15, 0.2) is 46.3 Å². The number of halogens is 1. The Hall–Kier alpha value is -1.66. The smallest absolute Gasteiger partial charge is 0.262 e. The van der Waals surface area contributed by atoms with Crippen molar-refractivity contribution in [1.82, 2.24) is 10.2 Å². The first-order valence-corrected chi connectivity index (χ1v) is 8.89. The number of carbonyl (C=O) groups excluding carboxylic acids is 2. The van der Waals surface area contributed by atoms with Crippen LogP contribution in [0, 0.1) is 0 Å². The molecule has 0 saturated carbocycles. The number of hydrogen-bond acceptors (Lipinski definition) is 3. The maximum atomic E-state index is 12.5. The minimum Gasteiger partial charge on any atom is -0.340 e. The predicted octanol–water partition coefficient (Wildman–Crippen LogP) is 3.85. The van der Waals surface area contributed by atoms with Crippen LogP contribution in [-0.4, -0.2) is 29.8 Å². The third kappa shape index (κ3) is 4.42. The highest BCUT2D eigenvalue weighted by molar-refractivity contribution is 9.11. The summed E-state index contributed by atoms with van der Waals surface area (Å²) in [6.07, 6.45) is 0. The topological polar surface area (TPSA) is 49.4 Å². The molecule has 1 N–H and O–H groups in total. The van der Waals surface area contributed by atoms with E-state index >= 15 is 0 Å². The Balaban J connectivity index is 2.00. The second kappa shape index (κ2) is 7.75. The first-order chi connectivity index (χ1) is 10.9. The van der Waals surface area contributed by atoms with Gasteiger partial charge in [0.05, 0.1) is 14.7 Å². The number of thiophene rings is 1. The van der Waals surface area contributed by atoms with Gasteiger partial charge < -0.3 is 10.2 Å². The normalized spacial score (nSPS) is 13.2. The van der Waals surface area contributed by atoms with E-state index in [0.717, 1.165) is 9.35 Å². The summed E-state index contributed by atoms with van der Waals surface area (Å²) < 4.78 is 0.886. The Kier molecular flexibility index (Phi) is 5.96. The first kappa shape index (κ1) is 17.7. The minimum atomic E-state index is -0.584. The second-order valence-electron chi connectivity index (χ2n) is 5.33. The standard InChI is InChI=1S/C17H19BrN2O2S/c1-11(19-16(21)14-9-10-15(18)23-14)17(22)20(3)12(2)13-7-5-4-6-8-13/h4-12H,1-3H3,(H,19,21). The van der Waals surface area contributed by atoms with E-state index in [1.165, 1.54) is 11.3 Å². The lowest BCUT2D eigenvalue weighted by Gasteiger charge is -2.28. The van der Waals surface area contributed by atoms with Crippen molar-refractivity contribution in [2.45, 2.75) is 25.9 Å². The Morgan fingerprint density at radius 1 is 1.13 bits per heavy atom. The van der Waals surface area contributed by atoms with E-state index in [1.807, 2.05) is 43.3 Å². The zero-order valence-electron chi connectivity index (χ0n) is 13.2. The maximum absolute atomic E-state index is 12.5. The van der Waals surface area contributed by atoms with E-state index in [1.54, 1.807) is 24.9 Å². The molecule has 0 aliphatic rings. The highest BCUT2D eigenvalue weighted by Gasteiger charge is 2.24. The quantitative estimate of drug-likeness (QED) is 0.836. The summed E-state index contributed by atoms with van der Waals surface area (Å²) in [6, 6.07) is 12.7. The van der Waals surface area contributed by atoms with Crippen LogP contribution < -0.4 is 5.32 Å². The van der Waals surface area contributed by atoms with Crippen LogP contribution in [-0.2, 0) is 4.79 Å². The van der Waals surface area contributed by atoms with Crippen LogP contribution >= 0.6 is 27.3 Å². The molecule has 2 rings (SSSR count). The third-order valence-corrected chi connectivity index (χ3v) is 5.35. The fourth-order valence-corrected chi connectivity index (χ4v) is 3.51. The van der Waals surface area contributed by atoms with Gasteiger partial charge in [0, 0.05) is 7.05 Å². The van der Waals surface area contributed by atoms with Crippen LogP contribution in [0.2, 0.25) is 0 Å². The van der Waals surface area contributed by atoms with Gasteiger partial charge in [0.25, 0.3) is 5.91 Å². The average molecular weight is 395 g/mol. The van der Waals surface area contributed by atoms with E-state index < -0.39 is 6.04 Å². The molecular formula is C17H19BrN2O2S. The van der Waals surface area contributed by atoms with Gasteiger partial charge in [-0.3, -0.25) is 9.59 Å². The third-order valence-electron chi connectivity index (χ3n) is 3.73. The van der Waals surface area contributed by atoms with Crippen molar-refractivity contribution in [1.29, 1.82) is 0 Å². The number of likely N-dealkylation sites (N-methyl/N-ethyl adjacent to an activating group) is 1. The Morgan fingerprint density at radius 2 is 1.78 bits per heavy atom. The maximum Gasteiger partial charge on any atom is 0.262 e. The average Bonchev–Trinajstić information content (AvgIpc) is 3.00. The van der Waals surface area contributed by atoms with Crippen LogP contribution in [0.5, 0.6) is 0 Å². The molecule has 2 atom stereocenters. The summed E-state index contributed by atoms with van der Waals surface area (Å²) in [6.45, 7) is 3.68. The molecule has 1 aromatic heterocycles. The van der Waals surface area contributed by atoms with Gasteiger partial charge in [-0.15, -0.1) is 11.3 Å². The highest BCUT2D eigenvalue weighted by atomic mass is 79.9. The summed E-state index contributed by atoms with van der Waals surface area (Å²) in [7, 11) is 1.75. The van der Waals surface area contributed by atoms with Gasteiger partial charge in [-0.1, -0.05) is 30.3 Å². The van der Waals surface area contributed by atoms with Crippen molar-refractivity contribution < 1.29 is 9.59 Å². The first-order valence-electron chi connectivity index (χ1n) is 7.28. The van der Waals surface area contributed by atoms with Crippen LogP contribution in [0.4, 0.5) is 0 Å². The van der Waals surface area contributed by atoms with Gasteiger partial charge in [0.2, 0.25) is 5.91 Å². The monoisotopic (exact) mass is 394 g/mol. The molecular weight excluding hydrogens is 376 g/mol. The molecule has 1 aromatic carbocycles. The molecule has 23 heavy (non-hydrogen) atoms. The Labute approximate surface area is 148 Å². The SMILES string of the molecule is CC(NC(=O)c1ccc(Br)s1)C(=O)N(C)C(C)c1ccccc1. The molecule has 2 amide bonds. The van der Waals surface area contributed by atoms with Gasteiger partial charge in [-0.05, 0) is 47.5 Å². The zero-order valence-corrected chi connectivity index (χ0v) is 15.6. The number of amides is 2. The second-order valence-corrected chi connectivity index (χ2v) is 7.80. The van der Waals surface area contributed by atoms with Crippen molar-refractivity contribution in [3.8, 4) is 0 Å². The molecule has 0 saturated heterocycles. The minimum absolute atomic E-state index is 0.0565. The molecule has 0 radical (unpaired) electrons. The highest BCUT2D eigenvalue weighted by Crippen LogP contribution is 2.22. The summed E-state index contributed by atoms with van der Waals surface area (Å²) in [5.74, 6) is -0.354. The van der Waals surface area contributed by atoms with Gasteiger partial charge in [-0.25, -0.2) is 0 Å². The largest absolute Gasteiger partial charge is 0.340 e. The van der Waals surface area contributed by atoms with Gasteiger partial charge in [0.15, 0.2) is 0 Å². The number of rotatable bonds is 5. The molecule has 1 heterocycles. The zero-order chi connectivity index (χ0) is 17.0.